The molecule has 0 bridgehead atoms. The molecule has 1 N–H and O–H groups in total. The summed E-state index contributed by atoms with van der Waals surface area (Å²) in [4.78, 5) is 12.3. The Balaban J connectivity index is 1.62. The van der Waals surface area contributed by atoms with E-state index in [0.717, 1.165) is 43.5 Å². The molecule has 1 saturated carbocycles. The normalized spacial score (nSPS) is 15.8. The number of hydrogen-bond acceptors (Lipinski definition) is 6. The van der Waals surface area contributed by atoms with Crippen molar-refractivity contribution in [3.63, 3.8) is 0 Å². The molecule has 1 fully saturated rings. The average Bonchev–Trinajstić information content (AvgIpc) is 3.16. The van der Waals surface area contributed by atoms with E-state index in [-0.39, 0.29) is 11.7 Å². The highest BCUT2D eigenvalue weighted by Gasteiger charge is 2.33. The first-order valence-corrected chi connectivity index (χ1v) is 9.54. The van der Waals surface area contributed by atoms with Gasteiger partial charge < -0.3 is 10.1 Å². The SMILES string of the molecule is COc1ccc(-n2cnnc2SCC(=O)NC2(C#N)CCCCC2)cc1. The van der Waals surface area contributed by atoms with Crippen LogP contribution < -0.4 is 10.1 Å². The van der Waals surface area contributed by atoms with Crippen molar-refractivity contribution in [1.82, 2.24) is 20.1 Å². The van der Waals surface area contributed by atoms with Gasteiger partial charge in [0.15, 0.2) is 5.16 Å². The van der Waals surface area contributed by atoms with E-state index in [1.807, 2.05) is 28.8 Å². The maximum absolute atomic E-state index is 12.3. The second kappa shape index (κ2) is 8.23. The molecule has 8 heteroatoms. The van der Waals surface area contributed by atoms with Crippen LogP contribution in [0.5, 0.6) is 5.75 Å². The van der Waals surface area contributed by atoms with Crippen molar-refractivity contribution in [2.24, 2.45) is 0 Å². The van der Waals surface area contributed by atoms with Gasteiger partial charge in [-0.15, -0.1) is 10.2 Å². The van der Waals surface area contributed by atoms with Crippen molar-refractivity contribution < 1.29 is 9.53 Å². The Labute approximate surface area is 156 Å². The van der Waals surface area contributed by atoms with Gasteiger partial charge in [-0.25, -0.2) is 0 Å². The Morgan fingerprint density at radius 2 is 2.08 bits per heavy atom. The number of rotatable bonds is 6. The van der Waals surface area contributed by atoms with E-state index in [9.17, 15) is 10.1 Å². The number of aromatic nitrogens is 3. The van der Waals surface area contributed by atoms with E-state index in [0.29, 0.717) is 5.16 Å². The van der Waals surface area contributed by atoms with Gasteiger partial charge in [-0.05, 0) is 37.1 Å². The fraction of sp³-hybridized carbons (Fsp3) is 0.444. The molecule has 2 aromatic rings. The number of methoxy groups -OCH3 is 1. The lowest BCUT2D eigenvalue weighted by atomic mass is 9.83. The van der Waals surface area contributed by atoms with Crippen molar-refractivity contribution >= 4 is 17.7 Å². The third-order valence-corrected chi connectivity index (χ3v) is 5.44. The molecule has 26 heavy (non-hydrogen) atoms. The van der Waals surface area contributed by atoms with E-state index in [4.69, 9.17) is 4.74 Å². The van der Waals surface area contributed by atoms with Crippen LogP contribution in [-0.2, 0) is 4.79 Å². The summed E-state index contributed by atoms with van der Waals surface area (Å²) in [5.74, 6) is 0.811. The number of nitriles is 1. The molecular weight excluding hydrogens is 350 g/mol. The zero-order valence-corrected chi connectivity index (χ0v) is 15.5. The molecule has 0 atom stereocenters. The molecule has 0 radical (unpaired) electrons. The third-order valence-electron chi connectivity index (χ3n) is 4.50. The van der Waals surface area contributed by atoms with E-state index in [1.54, 1.807) is 13.4 Å². The highest BCUT2D eigenvalue weighted by atomic mass is 32.2. The summed E-state index contributed by atoms with van der Waals surface area (Å²) in [6.45, 7) is 0. The van der Waals surface area contributed by atoms with E-state index >= 15 is 0 Å². The van der Waals surface area contributed by atoms with E-state index in [1.165, 1.54) is 11.8 Å². The van der Waals surface area contributed by atoms with Crippen LogP contribution in [0, 0.1) is 11.3 Å². The minimum atomic E-state index is -0.709. The number of carbonyl (C=O) groups excluding carboxylic acids is 1. The van der Waals surface area contributed by atoms with Gasteiger partial charge in [-0.3, -0.25) is 9.36 Å². The van der Waals surface area contributed by atoms with Gasteiger partial charge in [-0.1, -0.05) is 31.0 Å². The van der Waals surface area contributed by atoms with E-state index < -0.39 is 5.54 Å². The first kappa shape index (κ1) is 18.3. The number of hydrogen-bond donors (Lipinski definition) is 1. The van der Waals surface area contributed by atoms with Crippen LogP contribution in [0.15, 0.2) is 35.7 Å². The van der Waals surface area contributed by atoms with Crippen LogP contribution in [0.4, 0.5) is 0 Å². The van der Waals surface area contributed by atoms with Crippen LogP contribution in [0.3, 0.4) is 0 Å². The van der Waals surface area contributed by atoms with Crippen molar-refractivity contribution in [2.75, 3.05) is 12.9 Å². The molecule has 1 aromatic carbocycles. The highest BCUT2D eigenvalue weighted by molar-refractivity contribution is 7.99. The number of nitrogens with one attached hydrogen (secondary N) is 1. The molecule has 136 valence electrons. The molecule has 1 aromatic heterocycles. The molecule has 0 spiro atoms. The van der Waals surface area contributed by atoms with Crippen LogP contribution in [0.1, 0.15) is 32.1 Å². The molecule has 3 rings (SSSR count). The minimum absolute atomic E-state index is 0.150. The molecule has 1 aliphatic rings. The van der Waals surface area contributed by atoms with Crippen molar-refractivity contribution in [3.05, 3.63) is 30.6 Å². The molecule has 1 amide bonds. The maximum Gasteiger partial charge on any atom is 0.231 e. The molecular formula is C18H21N5O2S. The Morgan fingerprint density at radius 3 is 2.73 bits per heavy atom. The molecule has 1 heterocycles. The lowest BCUT2D eigenvalue weighted by molar-refractivity contribution is -0.120. The smallest absolute Gasteiger partial charge is 0.231 e. The van der Waals surface area contributed by atoms with Crippen molar-refractivity contribution in [1.29, 1.82) is 5.26 Å². The van der Waals surface area contributed by atoms with Gasteiger partial charge in [0.2, 0.25) is 5.91 Å². The Kier molecular flexibility index (Phi) is 5.78. The number of nitrogens with zero attached hydrogens (tertiary/aromatic N) is 4. The fourth-order valence-electron chi connectivity index (χ4n) is 3.10. The van der Waals surface area contributed by atoms with Crippen LogP contribution >= 0.6 is 11.8 Å². The summed E-state index contributed by atoms with van der Waals surface area (Å²) >= 11 is 1.30. The summed E-state index contributed by atoms with van der Waals surface area (Å²) in [7, 11) is 1.62. The van der Waals surface area contributed by atoms with Gasteiger partial charge in [0.25, 0.3) is 0 Å². The van der Waals surface area contributed by atoms with Crippen LogP contribution in [0.2, 0.25) is 0 Å². The number of benzene rings is 1. The summed E-state index contributed by atoms with van der Waals surface area (Å²) < 4.78 is 6.98. The van der Waals surface area contributed by atoms with Crippen LogP contribution in [0.25, 0.3) is 5.69 Å². The van der Waals surface area contributed by atoms with Crippen molar-refractivity contribution in [3.8, 4) is 17.5 Å². The zero-order chi connectivity index (χ0) is 18.4. The second-order valence-corrected chi connectivity index (χ2v) is 7.22. The van der Waals surface area contributed by atoms with Gasteiger partial charge in [0.1, 0.15) is 17.6 Å². The average molecular weight is 371 g/mol. The number of amides is 1. The molecule has 0 saturated heterocycles. The summed E-state index contributed by atoms with van der Waals surface area (Å²) in [6.07, 6.45) is 6.14. The Morgan fingerprint density at radius 1 is 1.35 bits per heavy atom. The first-order chi connectivity index (χ1) is 12.7. The monoisotopic (exact) mass is 371 g/mol. The van der Waals surface area contributed by atoms with Crippen LogP contribution in [-0.4, -0.2) is 39.1 Å². The standard InChI is InChI=1S/C18H21N5O2S/c1-25-15-7-5-14(6-8-15)23-13-20-22-17(23)26-11-16(24)21-18(12-19)9-3-2-4-10-18/h5-8,13H,2-4,9-11H2,1H3,(H,21,24). The third kappa shape index (κ3) is 4.17. The maximum atomic E-state index is 12.3. The predicted molar refractivity (Wildman–Crippen MR) is 98.2 cm³/mol. The van der Waals surface area contributed by atoms with Gasteiger partial charge in [0.05, 0.1) is 18.9 Å². The molecule has 1 aliphatic carbocycles. The summed E-state index contributed by atoms with van der Waals surface area (Å²) in [5.41, 5.74) is 0.180. The molecule has 0 unspecified atom stereocenters. The first-order valence-electron chi connectivity index (χ1n) is 8.55. The number of thioether (sulfide) groups is 1. The highest BCUT2D eigenvalue weighted by Crippen LogP contribution is 2.28. The topological polar surface area (TPSA) is 92.8 Å². The van der Waals surface area contributed by atoms with Gasteiger partial charge >= 0.3 is 0 Å². The second-order valence-electron chi connectivity index (χ2n) is 6.27. The largest absolute Gasteiger partial charge is 0.497 e. The number of ether oxygens (including phenoxy) is 1. The Hall–Kier alpha value is -2.53. The van der Waals surface area contributed by atoms with Crippen molar-refractivity contribution in [2.45, 2.75) is 42.8 Å². The fourth-order valence-corrected chi connectivity index (χ4v) is 3.82. The predicted octanol–water partition coefficient (Wildman–Crippen LogP) is 2.71. The molecule has 7 nitrogen and oxygen atoms in total. The summed E-state index contributed by atoms with van der Waals surface area (Å²) in [6, 6.07) is 9.82. The molecule has 0 aliphatic heterocycles. The van der Waals surface area contributed by atoms with Gasteiger partial charge in [0, 0.05) is 5.69 Å². The zero-order valence-electron chi connectivity index (χ0n) is 14.6. The summed E-state index contributed by atoms with van der Waals surface area (Å²) in [5, 5.41) is 21.1. The lowest BCUT2D eigenvalue weighted by Crippen LogP contribution is -2.49. The minimum Gasteiger partial charge on any atom is -0.497 e. The van der Waals surface area contributed by atoms with E-state index in [2.05, 4.69) is 21.6 Å². The van der Waals surface area contributed by atoms with Gasteiger partial charge in [-0.2, -0.15) is 5.26 Å². The quantitative estimate of drug-likeness (QED) is 0.785. The Bertz CT molecular complexity index is 791. The number of carbonyl (C=O) groups is 1. The lowest BCUT2D eigenvalue weighted by Gasteiger charge is -2.31.